The minimum absolute atomic E-state index is 0.0413. The Hall–Kier alpha value is -2.39. The molecule has 0 aliphatic carbocycles. The molecular formula is C33H33BrF2O6P2S. The Morgan fingerprint density at radius 3 is 2.00 bits per heavy atom. The number of rotatable bonds is 14. The van der Waals surface area contributed by atoms with Gasteiger partial charge in [-0.25, -0.2) is 0 Å². The van der Waals surface area contributed by atoms with Gasteiger partial charge in [0, 0.05) is 21.5 Å². The summed E-state index contributed by atoms with van der Waals surface area (Å²) in [4.78, 5) is 20.1. The van der Waals surface area contributed by atoms with E-state index in [1.807, 2.05) is 66.7 Å². The fraction of sp³-hybridized carbons (Fsp3) is 0.212. The SMILES string of the molecule is CCOP(=O)(OCC)C(F)(F)c1ccc(CSCc2ccc(-c3ccc(/C=C/c4ccccc4)c(P(=O)(O)O)c3)cc2)cc1Br. The van der Waals surface area contributed by atoms with Crippen LogP contribution in [-0.4, -0.2) is 23.0 Å². The van der Waals surface area contributed by atoms with Gasteiger partial charge in [0.1, 0.15) is 0 Å². The van der Waals surface area contributed by atoms with Crippen molar-refractivity contribution in [2.24, 2.45) is 0 Å². The van der Waals surface area contributed by atoms with Gasteiger partial charge in [-0.2, -0.15) is 20.5 Å². The lowest BCUT2D eigenvalue weighted by atomic mass is 10.0. The van der Waals surface area contributed by atoms with Crippen molar-refractivity contribution in [3.05, 3.63) is 123 Å². The monoisotopic (exact) mass is 736 g/mol. The summed E-state index contributed by atoms with van der Waals surface area (Å²) in [5.41, 5.74) is 0.415. The first kappa shape index (κ1) is 35.5. The molecule has 0 aromatic heterocycles. The molecule has 238 valence electrons. The van der Waals surface area contributed by atoms with Crippen LogP contribution in [0.5, 0.6) is 0 Å². The number of alkyl halides is 2. The van der Waals surface area contributed by atoms with Crippen LogP contribution in [0.15, 0.2) is 95.5 Å². The van der Waals surface area contributed by atoms with Gasteiger partial charge >= 0.3 is 20.9 Å². The van der Waals surface area contributed by atoms with E-state index in [9.17, 15) is 18.9 Å². The van der Waals surface area contributed by atoms with Crippen molar-refractivity contribution in [1.82, 2.24) is 0 Å². The zero-order valence-electron chi connectivity index (χ0n) is 24.6. The van der Waals surface area contributed by atoms with Crippen molar-refractivity contribution < 1.29 is 36.7 Å². The quantitative estimate of drug-likeness (QED) is 0.0984. The lowest BCUT2D eigenvalue weighted by Gasteiger charge is -2.26. The third kappa shape index (κ3) is 8.91. The maximum atomic E-state index is 15.2. The highest BCUT2D eigenvalue weighted by molar-refractivity contribution is 9.10. The maximum absolute atomic E-state index is 15.2. The molecule has 0 amide bonds. The van der Waals surface area contributed by atoms with Crippen molar-refractivity contribution >= 4 is 60.3 Å². The summed E-state index contributed by atoms with van der Waals surface area (Å²) in [6, 6.07) is 26.7. The first-order valence-corrected chi connectivity index (χ1v) is 19.1. The summed E-state index contributed by atoms with van der Waals surface area (Å²) in [6.07, 6.45) is 3.51. The molecule has 0 unspecified atom stereocenters. The van der Waals surface area contributed by atoms with Crippen LogP contribution in [0.25, 0.3) is 23.3 Å². The van der Waals surface area contributed by atoms with Gasteiger partial charge in [-0.15, -0.1) is 0 Å². The van der Waals surface area contributed by atoms with Crippen LogP contribution in [0.3, 0.4) is 0 Å². The molecule has 2 N–H and O–H groups in total. The Labute approximate surface area is 274 Å². The van der Waals surface area contributed by atoms with Gasteiger partial charge in [0.05, 0.1) is 18.5 Å². The fourth-order valence-corrected chi connectivity index (χ4v) is 8.66. The van der Waals surface area contributed by atoms with E-state index in [1.165, 1.54) is 26.0 Å². The lowest BCUT2D eigenvalue weighted by molar-refractivity contribution is 0.0354. The van der Waals surface area contributed by atoms with Gasteiger partial charge < -0.3 is 18.8 Å². The third-order valence-electron chi connectivity index (χ3n) is 6.72. The van der Waals surface area contributed by atoms with Crippen molar-refractivity contribution in [3.8, 4) is 11.1 Å². The van der Waals surface area contributed by atoms with E-state index in [-0.39, 0.29) is 23.0 Å². The molecule has 0 atom stereocenters. The van der Waals surface area contributed by atoms with Gasteiger partial charge in [-0.05, 0) is 59.4 Å². The first-order chi connectivity index (χ1) is 21.4. The Morgan fingerprint density at radius 1 is 0.800 bits per heavy atom. The second-order valence-electron chi connectivity index (χ2n) is 9.94. The van der Waals surface area contributed by atoms with E-state index >= 15 is 8.78 Å². The Balaban J connectivity index is 1.42. The zero-order chi connectivity index (χ0) is 32.7. The topological polar surface area (TPSA) is 93.1 Å². The summed E-state index contributed by atoms with van der Waals surface area (Å²) in [5.74, 6) is 1.20. The van der Waals surface area contributed by atoms with Crippen molar-refractivity contribution in [2.75, 3.05) is 13.2 Å². The van der Waals surface area contributed by atoms with Crippen molar-refractivity contribution in [3.63, 3.8) is 0 Å². The van der Waals surface area contributed by atoms with Gasteiger partial charge in [0.25, 0.3) is 0 Å². The molecule has 0 aliphatic heterocycles. The third-order valence-corrected chi connectivity index (χ3v) is 11.6. The molecule has 4 rings (SSSR count). The van der Waals surface area contributed by atoms with Crippen molar-refractivity contribution in [1.29, 1.82) is 0 Å². The van der Waals surface area contributed by atoms with Gasteiger partial charge in [-0.3, -0.25) is 9.13 Å². The molecule has 0 saturated heterocycles. The normalized spacial score (nSPS) is 12.6. The molecule has 4 aromatic rings. The number of benzene rings is 4. The van der Waals surface area contributed by atoms with Crippen LogP contribution in [0, 0.1) is 0 Å². The largest absolute Gasteiger partial charge is 0.404 e. The van der Waals surface area contributed by atoms with E-state index in [2.05, 4.69) is 15.9 Å². The minimum Gasteiger partial charge on any atom is -0.321 e. The number of hydrogen-bond donors (Lipinski definition) is 2. The molecule has 6 nitrogen and oxygen atoms in total. The van der Waals surface area contributed by atoms with Gasteiger partial charge in [-0.1, -0.05) is 107 Å². The van der Waals surface area contributed by atoms with E-state index in [4.69, 9.17) is 9.05 Å². The molecule has 12 heteroatoms. The molecule has 0 fully saturated rings. The number of thioether (sulfide) groups is 1. The van der Waals surface area contributed by atoms with Crippen molar-refractivity contribution in [2.45, 2.75) is 31.0 Å². The molecule has 4 aromatic carbocycles. The minimum atomic E-state index is -4.71. The maximum Gasteiger partial charge on any atom is 0.404 e. The number of hydrogen-bond acceptors (Lipinski definition) is 5. The molecular weight excluding hydrogens is 704 g/mol. The van der Waals surface area contributed by atoms with E-state index in [0.29, 0.717) is 22.6 Å². The Morgan fingerprint density at radius 2 is 1.40 bits per heavy atom. The second kappa shape index (κ2) is 15.5. The predicted octanol–water partition coefficient (Wildman–Crippen LogP) is 9.84. The highest BCUT2D eigenvalue weighted by atomic mass is 79.9. The summed E-state index contributed by atoms with van der Waals surface area (Å²) in [7, 11) is -9.25. The van der Waals surface area contributed by atoms with E-state index < -0.39 is 26.4 Å². The van der Waals surface area contributed by atoms with Crippen LogP contribution >= 0.6 is 42.9 Å². The second-order valence-corrected chi connectivity index (χ2v) is 15.4. The molecule has 0 aliphatic rings. The smallest absolute Gasteiger partial charge is 0.321 e. The van der Waals surface area contributed by atoms with E-state index in [0.717, 1.165) is 22.3 Å². The molecule has 0 spiro atoms. The molecule has 45 heavy (non-hydrogen) atoms. The average molecular weight is 738 g/mol. The summed E-state index contributed by atoms with van der Waals surface area (Å²) in [5, 5.41) is -0.0413. The van der Waals surface area contributed by atoms with Crippen LogP contribution in [0.2, 0.25) is 0 Å². The Kier molecular flexibility index (Phi) is 12.2. The van der Waals surface area contributed by atoms with Crippen LogP contribution in [-0.2, 0) is 35.3 Å². The average Bonchev–Trinajstić information content (AvgIpc) is 3.00. The first-order valence-electron chi connectivity index (χ1n) is 14.0. The van der Waals surface area contributed by atoms with Crippen LogP contribution in [0.1, 0.15) is 41.7 Å². The van der Waals surface area contributed by atoms with Gasteiger partial charge in [0.15, 0.2) is 0 Å². The summed E-state index contributed by atoms with van der Waals surface area (Å²) < 4.78 is 65.5. The van der Waals surface area contributed by atoms with Crippen LogP contribution < -0.4 is 5.30 Å². The standard InChI is InChI=1S/C33H33BrF2O6P2S/c1-3-41-44(40,42-4-2)33(35,36)30-19-13-26(20-31(30)34)23-45-22-25-11-14-27(15-12-25)29-18-17-28(32(21-29)43(37,38)39)16-10-24-8-6-5-7-9-24/h5-21H,3-4,22-23H2,1-2H3,(H2,37,38,39)/b16-10+. The molecule has 0 saturated carbocycles. The highest BCUT2D eigenvalue weighted by Crippen LogP contribution is 2.67. The van der Waals surface area contributed by atoms with E-state index in [1.54, 1.807) is 36.0 Å². The van der Waals surface area contributed by atoms with Gasteiger partial charge in [0.2, 0.25) is 0 Å². The molecule has 0 radical (unpaired) electrons. The summed E-state index contributed by atoms with van der Waals surface area (Å²) >= 11 is 4.80. The zero-order valence-corrected chi connectivity index (χ0v) is 28.8. The summed E-state index contributed by atoms with van der Waals surface area (Å²) in [6.45, 7) is 2.62. The van der Waals surface area contributed by atoms with Crippen LogP contribution in [0.4, 0.5) is 8.78 Å². The fourth-order valence-electron chi connectivity index (χ4n) is 4.53. The predicted molar refractivity (Wildman–Crippen MR) is 183 cm³/mol. The molecule has 0 bridgehead atoms. The molecule has 0 heterocycles. The highest BCUT2D eigenvalue weighted by Gasteiger charge is 2.55. The Bertz CT molecular complexity index is 1720. The number of halogens is 3. The lowest BCUT2D eigenvalue weighted by Crippen LogP contribution is -2.19.